The molecule has 4 aromatic heterocycles. The number of pyridine rings is 2. The summed E-state index contributed by atoms with van der Waals surface area (Å²) in [5.41, 5.74) is 5.55. The molecule has 8 nitrogen and oxygen atoms in total. The number of amides is 1. The number of nitrogens with one attached hydrogen (secondary N) is 1. The van der Waals surface area contributed by atoms with E-state index in [-0.39, 0.29) is 11.8 Å². The van der Waals surface area contributed by atoms with Crippen LogP contribution >= 0.6 is 11.3 Å². The van der Waals surface area contributed by atoms with E-state index in [0.29, 0.717) is 28.8 Å². The van der Waals surface area contributed by atoms with Crippen molar-refractivity contribution in [2.45, 2.75) is 25.4 Å². The normalized spacial score (nSPS) is 22.2. The van der Waals surface area contributed by atoms with Crippen LogP contribution in [0.1, 0.15) is 34.1 Å². The summed E-state index contributed by atoms with van der Waals surface area (Å²) in [5.74, 6) is -0.327. The zero-order valence-electron chi connectivity index (χ0n) is 19.1. The maximum atomic E-state index is 13.4. The van der Waals surface area contributed by atoms with E-state index in [2.05, 4.69) is 25.3 Å². The number of aryl methyl sites for hydroxylation is 1. The van der Waals surface area contributed by atoms with E-state index in [9.17, 15) is 9.18 Å². The van der Waals surface area contributed by atoms with E-state index in [1.54, 1.807) is 16.9 Å². The summed E-state index contributed by atoms with van der Waals surface area (Å²) in [6.45, 7) is 5.46. The van der Waals surface area contributed by atoms with Gasteiger partial charge in [-0.05, 0) is 31.5 Å². The molecule has 35 heavy (non-hydrogen) atoms. The van der Waals surface area contributed by atoms with Crippen LogP contribution in [0.2, 0.25) is 0 Å². The third kappa shape index (κ3) is 3.51. The molecule has 3 fully saturated rings. The molecule has 2 atom stereocenters. The summed E-state index contributed by atoms with van der Waals surface area (Å²) in [6.07, 6.45) is 4.98. The van der Waals surface area contributed by atoms with Crippen LogP contribution < -0.4 is 10.2 Å². The maximum absolute atomic E-state index is 13.4. The molecule has 4 aromatic rings. The van der Waals surface area contributed by atoms with E-state index >= 15 is 0 Å². The first-order chi connectivity index (χ1) is 17.0. The second-order valence-corrected chi connectivity index (χ2v) is 10.7. The fourth-order valence-electron chi connectivity index (χ4n) is 4.89. The predicted octanol–water partition coefficient (Wildman–Crippen LogP) is 4.08. The van der Waals surface area contributed by atoms with Gasteiger partial charge in [0.05, 0.1) is 53.0 Å². The number of fused-ring (bicyclic) bond motifs is 1. The second kappa shape index (κ2) is 7.56. The molecule has 0 radical (unpaired) electrons. The molecule has 1 saturated carbocycles. The lowest BCUT2D eigenvalue weighted by Gasteiger charge is -2.56. The number of alkyl halides is 1. The summed E-state index contributed by atoms with van der Waals surface area (Å²) in [7, 11) is 0. The van der Waals surface area contributed by atoms with Gasteiger partial charge < -0.3 is 15.0 Å². The van der Waals surface area contributed by atoms with Crippen molar-refractivity contribution in [3.63, 3.8) is 0 Å². The molecule has 0 unspecified atom stereocenters. The van der Waals surface area contributed by atoms with E-state index in [1.165, 1.54) is 11.3 Å². The molecule has 3 aliphatic rings. The number of hydrogen-bond donors (Lipinski definition) is 1. The van der Waals surface area contributed by atoms with Gasteiger partial charge in [-0.3, -0.25) is 9.78 Å². The van der Waals surface area contributed by atoms with Gasteiger partial charge in [0, 0.05) is 48.0 Å². The van der Waals surface area contributed by atoms with Gasteiger partial charge in [-0.2, -0.15) is 5.10 Å². The number of rotatable bonds is 5. The number of anilines is 2. The molecule has 2 saturated heterocycles. The Hall–Kier alpha value is -3.37. The highest BCUT2D eigenvalue weighted by Gasteiger charge is 2.49. The average molecular weight is 491 g/mol. The number of thiazole rings is 1. The zero-order valence-corrected chi connectivity index (χ0v) is 19.9. The Labute approximate surface area is 204 Å². The molecule has 1 aliphatic carbocycles. The van der Waals surface area contributed by atoms with E-state index in [4.69, 9.17) is 4.74 Å². The lowest BCUT2D eigenvalue weighted by atomic mass is 9.78. The summed E-state index contributed by atoms with van der Waals surface area (Å²) < 4.78 is 20.5. The molecular formula is C25H23FN6O2S. The SMILES string of the molecule is Cc1ncc(-c2nc([C@H]3C[C@@H]3F)cs2)cc1NC(=O)c1cnn2ccc(N3CC4(COC4)C3)cc12. The minimum atomic E-state index is -0.781. The van der Waals surface area contributed by atoms with Crippen LogP contribution in [0, 0.1) is 12.3 Å². The highest BCUT2D eigenvalue weighted by atomic mass is 32.1. The highest BCUT2D eigenvalue weighted by molar-refractivity contribution is 7.13. The van der Waals surface area contributed by atoms with Gasteiger partial charge in [-0.25, -0.2) is 13.9 Å². The average Bonchev–Trinajstić information content (AvgIpc) is 3.19. The lowest BCUT2D eigenvalue weighted by Crippen LogP contribution is -2.66. The molecule has 0 aromatic carbocycles. The van der Waals surface area contributed by atoms with Crippen LogP contribution in [0.25, 0.3) is 16.1 Å². The van der Waals surface area contributed by atoms with E-state index in [0.717, 1.165) is 53.8 Å². The Morgan fingerprint density at radius 1 is 1.29 bits per heavy atom. The monoisotopic (exact) mass is 490 g/mol. The van der Waals surface area contributed by atoms with Crippen LogP contribution in [0.3, 0.4) is 0 Å². The van der Waals surface area contributed by atoms with Gasteiger partial charge in [0.15, 0.2) is 0 Å². The topological polar surface area (TPSA) is 84.7 Å². The molecule has 178 valence electrons. The van der Waals surface area contributed by atoms with Gasteiger partial charge in [0.2, 0.25) is 0 Å². The van der Waals surface area contributed by atoms with Crippen molar-refractivity contribution in [1.29, 1.82) is 0 Å². The summed E-state index contributed by atoms with van der Waals surface area (Å²) in [6, 6.07) is 5.92. The van der Waals surface area contributed by atoms with Crippen LogP contribution in [-0.2, 0) is 4.74 Å². The van der Waals surface area contributed by atoms with Crippen molar-refractivity contribution >= 4 is 34.1 Å². The Kier molecular flexibility index (Phi) is 4.53. The lowest BCUT2D eigenvalue weighted by molar-refractivity contribution is -0.127. The van der Waals surface area contributed by atoms with Crippen molar-refractivity contribution in [3.05, 3.63) is 59.1 Å². The third-order valence-corrected chi connectivity index (χ3v) is 8.09. The zero-order chi connectivity index (χ0) is 23.7. The van der Waals surface area contributed by atoms with Crippen molar-refractivity contribution in [1.82, 2.24) is 19.6 Å². The Morgan fingerprint density at radius 3 is 2.86 bits per heavy atom. The van der Waals surface area contributed by atoms with Gasteiger partial charge in [-0.1, -0.05) is 0 Å². The van der Waals surface area contributed by atoms with Gasteiger partial charge in [0.1, 0.15) is 11.2 Å². The summed E-state index contributed by atoms with van der Waals surface area (Å²) in [4.78, 5) is 24.6. The number of carbonyl (C=O) groups excluding carboxylic acids is 1. The van der Waals surface area contributed by atoms with Crippen LogP contribution in [-0.4, -0.2) is 58.0 Å². The molecule has 10 heteroatoms. The number of ether oxygens (including phenoxy) is 1. The first-order valence-electron chi connectivity index (χ1n) is 11.7. The molecule has 1 N–H and O–H groups in total. The van der Waals surface area contributed by atoms with Crippen molar-refractivity contribution in [2.24, 2.45) is 5.41 Å². The Morgan fingerprint density at radius 2 is 2.11 bits per heavy atom. The minimum absolute atomic E-state index is 0.0815. The smallest absolute Gasteiger partial charge is 0.259 e. The number of hydrogen-bond acceptors (Lipinski definition) is 7. The number of carbonyl (C=O) groups is 1. The Bertz CT molecular complexity index is 1470. The van der Waals surface area contributed by atoms with E-state index in [1.807, 2.05) is 36.7 Å². The van der Waals surface area contributed by atoms with Crippen LogP contribution in [0.4, 0.5) is 15.8 Å². The molecule has 2 aliphatic heterocycles. The van der Waals surface area contributed by atoms with E-state index < -0.39 is 6.17 Å². The summed E-state index contributed by atoms with van der Waals surface area (Å²) >= 11 is 1.47. The van der Waals surface area contributed by atoms with Crippen molar-refractivity contribution < 1.29 is 13.9 Å². The van der Waals surface area contributed by atoms with Gasteiger partial charge in [-0.15, -0.1) is 11.3 Å². The maximum Gasteiger partial charge on any atom is 0.259 e. The predicted molar refractivity (Wildman–Crippen MR) is 131 cm³/mol. The summed E-state index contributed by atoms with van der Waals surface area (Å²) in [5, 5.41) is 10.0. The van der Waals surface area contributed by atoms with Crippen molar-refractivity contribution in [2.75, 3.05) is 36.5 Å². The number of aromatic nitrogens is 4. The van der Waals surface area contributed by atoms with Crippen LogP contribution in [0.5, 0.6) is 0 Å². The first-order valence-corrected chi connectivity index (χ1v) is 12.5. The molecule has 1 amide bonds. The molecular weight excluding hydrogens is 467 g/mol. The molecule has 1 spiro atoms. The third-order valence-electron chi connectivity index (χ3n) is 7.18. The van der Waals surface area contributed by atoms with Gasteiger partial charge >= 0.3 is 0 Å². The second-order valence-electron chi connectivity index (χ2n) is 9.87. The number of nitrogens with zero attached hydrogens (tertiary/aromatic N) is 5. The highest BCUT2D eigenvalue weighted by Crippen LogP contribution is 2.44. The fourth-order valence-corrected chi connectivity index (χ4v) is 5.75. The molecule has 6 heterocycles. The van der Waals surface area contributed by atoms with Crippen LogP contribution in [0.15, 0.2) is 42.2 Å². The molecule has 7 rings (SSSR count). The largest absolute Gasteiger partial charge is 0.380 e. The Balaban J connectivity index is 1.13. The first kappa shape index (κ1) is 21.0. The van der Waals surface area contributed by atoms with Crippen molar-refractivity contribution in [3.8, 4) is 10.6 Å². The van der Waals surface area contributed by atoms with Gasteiger partial charge in [0.25, 0.3) is 5.91 Å². The molecule has 0 bridgehead atoms. The minimum Gasteiger partial charge on any atom is -0.380 e. The quantitative estimate of drug-likeness (QED) is 0.454. The number of halogens is 1. The fraction of sp³-hybridized carbons (Fsp3) is 0.360. The standard InChI is InChI=1S/C25H23FN6O2S/c1-14-20(4-15(7-27-14)24-30-21(9-35-24)17-6-19(17)26)29-23(33)18-8-28-32-3-2-16(5-22(18)32)31-10-25(11-31)12-34-13-25/h2-5,7-9,17,19H,6,10-13H2,1H3,(H,29,33)/t17-,19-/m0/s1.